The van der Waals surface area contributed by atoms with Gasteiger partial charge in [0.1, 0.15) is 12.1 Å². The van der Waals surface area contributed by atoms with Gasteiger partial charge >= 0.3 is 5.97 Å². The van der Waals surface area contributed by atoms with E-state index in [4.69, 9.17) is 10.8 Å². The van der Waals surface area contributed by atoms with E-state index in [1.807, 2.05) is 0 Å². The van der Waals surface area contributed by atoms with Gasteiger partial charge in [-0.1, -0.05) is 0 Å². The molecule has 4 amide bonds. The predicted molar refractivity (Wildman–Crippen MR) is 83.5 cm³/mol. The molecule has 24 heavy (non-hydrogen) atoms. The minimum absolute atomic E-state index is 0.165. The SMILES string of the molecule is CC(=O)NCCCC[C@H](NC(=O)[C@H](CC(=O)O)NC(C)=O)C(N)=O. The third-order valence-corrected chi connectivity index (χ3v) is 3.03. The summed E-state index contributed by atoms with van der Waals surface area (Å²) < 4.78 is 0. The highest BCUT2D eigenvalue weighted by atomic mass is 16.4. The van der Waals surface area contributed by atoms with Crippen molar-refractivity contribution in [1.29, 1.82) is 0 Å². The average molecular weight is 344 g/mol. The fourth-order valence-corrected chi connectivity index (χ4v) is 1.93. The van der Waals surface area contributed by atoms with Crippen molar-refractivity contribution in [2.24, 2.45) is 5.73 Å². The molecule has 0 unspecified atom stereocenters. The van der Waals surface area contributed by atoms with Gasteiger partial charge in [0, 0.05) is 20.4 Å². The van der Waals surface area contributed by atoms with Crippen LogP contribution >= 0.6 is 0 Å². The Morgan fingerprint density at radius 2 is 1.58 bits per heavy atom. The first-order valence-corrected chi connectivity index (χ1v) is 7.46. The topological polar surface area (TPSA) is 168 Å². The summed E-state index contributed by atoms with van der Waals surface area (Å²) in [5, 5.41) is 15.9. The molecular formula is C14H24N4O6. The van der Waals surface area contributed by atoms with Crippen molar-refractivity contribution in [3.63, 3.8) is 0 Å². The highest BCUT2D eigenvalue weighted by molar-refractivity contribution is 5.93. The van der Waals surface area contributed by atoms with E-state index in [1.165, 1.54) is 6.92 Å². The maximum absolute atomic E-state index is 12.1. The first-order chi connectivity index (χ1) is 11.1. The number of nitrogens with two attached hydrogens (primary N) is 1. The van der Waals surface area contributed by atoms with Gasteiger partial charge < -0.3 is 26.8 Å². The van der Waals surface area contributed by atoms with E-state index >= 15 is 0 Å². The maximum Gasteiger partial charge on any atom is 0.305 e. The summed E-state index contributed by atoms with van der Waals surface area (Å²) in [4.78, 5) is 56.0. The molecule has 0 bridgehead atoms. The maximum atomic E-state index is 12.1. The summed E-state index contributed by atoms with van der Waals surface area (Å²) >= 11 is 0. The summed E-state index contributed by atoms with van der Waals surface area (Å²) in [5.74, 6) is -3.56. The normalized spacial score (nSPS) is 12.6. The van der Waals surface area contributed by atoms with Crippen LogP contribution in [-0.4, -0.2) is 53.3 Å². The van der Waals surface area contributed by atoms with Crippen LogP contribution in [0.1, 0.15) is 39.5 Å². The summed E-state index contributed by atoms with van der Waals surface area (Å²) in [5.41, 5.74) is 5.22. The van der Waals surface area contributed by atoms with Gasteiger partial charge in [-0.3, -0.25) is 24.0 Å². The number of carboxylic acids is 1. The summed E-state index contributed by atoms with van der Waals surface area (Å²) in [6.07, 6.45) is 0.724. The second kappa shape index (κ2) is 11.0. The van der Waals surface area contributed by atoms with Gasteiger partial charge in [-0.2, -0.15) is 0 Å². The first kappa shape index (κ1) is 21.4. The number of carbonyl (C=O) groups is 5. The number of nitrogens with one attached hydrogen (secondary N) is 3. The van der Waals surface area contributed by atoms with Crippen molar-refractivity contribution in [1.82, 2.24) is 16.0 Å². The van der Waals surface area contributed by atoms with Gasteiger partial charge in [0.15, 0.2) is 0 Å². The fraction of sp³-hybridized carbons (Fsp3) is 0.643. The number of primary amides is 1. The Morgan fingerprint density at radius 1 is 0.958 bits per heavy atom. The Morgan fingerprint density at radius 3 is 2.04 bits per heavy atom. The number of unbranched alkanes of at least 4 members (excludes halogenated alkanes) is 1. The van der Waals surface area contributed by atoms with E-state index in [-0.39, 0.29) is 12.3 Å². The van der Waals surface area contributed by atoms with E-state index < -0.39 is 42.2 Å². The van der Waals surface area contributed by atoms with Gasteiger partial charge in [0.2, 0.25) is 23.6 Å². The van der Waals surface area contributed by atoms with Crippen LogP contribution in [0.15, 0.2) is 0 Å². The van der Waals surface area contributed by atoms with Gasteiger partial charge in [-0.05, 0) is 19.3 Å². The van der Waals surface area contributed by atoms with Crippen LogP contribution in [0, 0.1) is 0 Å². The lowest BCUT2D eigenvalue weighted by molar-refractivity contribution is -0.140. The predicted octanol–water partition coefficient (Wildman–Crippen LogP) is -1.76. The van der Waals surface area contributed by atoms with Crippen LogP contribution in [0.2, 0.25) is 0 Å². The lowest BCUT2D eigenvalue weighted by Crippen LogP contribution is -2.53. The molecule has 0 aromatic carbocycles. The third-order valence-electron chi connectivity index (χ3n) is 3.03. The molecule has 136 valence electrons. The monoisotopic (exact) mass is 344 g/mol. The minimum atomic E-state index is -1.29. The zero-order valence-corrected chi connectivity index (χ0v) is 13.8. The summed E-state index contributed by atoms with van der Waals surface area (Å²) in [6, 6.07) is -2.28. The Kier molecular flexibility index (Phi) is 9.76. The molecule has 6 N–H and O–H groups in total. The average Bonchev–Trinajstić information content (AvgIpc) is 2.43. The molecule has 2 atom stereocenters. The third kappa shape index (κ3) is 10.1. The molecule has 0 rings (SSSR count). The number of rotatable bonds is 11. The fourth-order valence-electron chi connectivity index (χ4n) is 1.93. The van der Waals surface area contributed by atoms with Crippen LogP contribution in [0.4, 0.5) is 0 Å². The van der Waals surface area contributed by atoms with Gasteiger partial charge in [-0.15, -0.1) is 0 Å². The Bertz CT molecular complexity index is 478. The van der Waals surface area contributed by atoms with Crippen molar-refractivity contribution in [3.05, 3.63) is 0 Å². The van der Waals surface area contributed by atoms with Crippen LogP contribution in [0.3, 0.4) is 0 Å². The quantitative estimate of drug-likeness (QED) is 0.278. The van der Waals surface area contributed by atoms with Crippen LogP contribution in [0.25, 0.3) is 0 Å². The van der Waals surface area contributed by atoms with E-state index in [0.29, 0.717) is 19.4 Å². The zero-order chi connectivity index (χ0) is 18.7. The number of hydrogen-bond acceptors (Lipinski definition) is 5. The van der Waals surface area contributed by atoms with Gasteiger partial charge in [-0.25, -0.2) is 0 Å². The summed E-state index contributed by atoms with van der Waals surface area (Å²) in [6.45, 7) is 2.97. The molecule has 0 aliphatic carbocycles. The molecular weight excluding hydrogens is 320 g/mol. The van der Waals surface area contributed by atoms with Gasteiger partial charge in [0.25, 0.3) is 0 Å². The molecule has 0 spiro atoms. The molecule has 0 heterocycles. The first-order valence-electron chi connectivity index (χ1n) is 7.46. The number of aliphatic carboxylic acids is 1. The number of hydrogen-bond donors (Lipinski definition) is 5. The lowest BCUT2D eigenvalue weighted by Gasteiger charge is -2.20. The van der Waals surface area contributed by atoms with E-state index in [1.54, 1.807) is 0 Å². The Balaban J connectivity index is 4.57. The summed E-state index contributed by atoms with van der Waals surface area (Å²) in [7, 11) is 0. The molecule has 0 saturated carbocycles. The molecule has 0 aromatic heterocycles. The van der Waals surface area contributed by atoms with E-state index in [0.717, 1.165) is 6.92 Å². The Labute approximate surface area is 139 Å². The molecule has 10 heteroatoms. The largest absolute Gasteiger partial charge is 0.481 e. The molecule has 0 aromatic rings. The zero-order valence-electron chi connectivity index (χ0n) is 13.8. The smallest absolute Gasteiger partial charge is 0.305 e. The van der Waals surface area contributed by atoms with Gasteiger partial charge in [0.05, 0.1) is 6.42 Å². The van der Waals surface area contributed by atoms with Crippen molar-refractivity contribution >= 4 is 29.6 Å². The number of carbonyl (C=O) groups excluding carboxylic acids is 4. The second-order valence-corrected chi connectivity index (χ2v) is 5.29. The molecule has 0 radical (unpaired) electrons. The number of amides is 4. The molecule has 10 nitrogen and oxygen atoms in total. The second-order valence-electron chi connectivity index (χ2n) is 5.29. The standard InChI is InChI=1S/C14H24N4O6/c1-8(19)16-6-4-3-5-10(13(15)23)18-14(24)11(7-12(21)22)17-9(2)20/h10-11H,3-7H2,1-2H3,(H2,15,23)(H,16,19)(H,17,20)(H,18,24)(H,21,22)/t10-,11-/m0/s1. The molecule has 0 saturated heterocycles. The Hall–Kier alpha value is -2.65. The number of carboxylic acid groups (broad SMARTS) is 1. The highest BCUT2D eigenvalue weighted by Crippen LogP contribution is 2.02. The molecule has 0 aliphatic rings. The van der Waals surface area contributed by atoms with Crippen molar-refractivity contribution < 1.29 is 29.1 Å². The molecule has 0 fully saturated rings. The van der Waals surface area contributed by atoms with Crippen LogP contribution < -0.4 is 21.7 Å². The van der Waals surface area contributed by atoms with Crippen LogP contribution in [0.5, 0.6) is 0 Å². The highest BCUT2D eigenvalue weighted by Gasteiger charge is 2.26. The lowest BCUT2D eigenvalue weighted by atomic mass is 10.1. The molecule has 0 aliphatic heterocycles. The van der Waals surface area contributed by atoms with E-state index in [2.05, 4.69) is 16.0 Å². The van der Waals surface area contributed by atoms with Crippen molar-refractivity contribution in [3.8, 4) is 0 Å². The van der Waals surface area contributed by atoms with E-state index in [9.17, 15) is 24.0 Å². The van der Waals surface area contributed by atoms with Crippen molar-refractivity contribution in [2.75, 3.05) is 6.54 Å². The van der Waals surface area contributed by atoms with Crippen LogP contribution in [-0.2, 0) is 24.0 Å². The minimum Gasteiger partial charge on any atom is -0.481 e. The van der Waals surface area contributed by atoms with Crippen molar-refractivity contribution in [2.45, 2.75) is 51.6 Å².